The maximum Gasteiger partial charge on any atom is 0.253 e. The van der Waals surface area contributed by atoms with Crippen molar-refractivity contribution in [2.75, 3.05) is 30.8 Å². The smallest absolute Gasteiger partial charge is 0.253 e. The van der Waals surface area contributed by atoms with Crippen molar-refractivity contribution in [3.63, 3.8) is 0 Å². The Hall–Kier alpha value is -2.33. The number of nitrogens with zero attached hydrogens (tertiary/aromatic N) is 2. The molecular formula is C26H37FN4O4S. The molecule has 1 saturated heterocycles. The van der Waals surface area contributed by atoms with E-state index >= 15 is 0 Å². The molecule has 10 heteroatoms. The lowest BCUT2D eigenvalue weighted by Crippen LogP contribution is -2.51. The van der Waals surface area contributed by atoms with Crippen LogP contribution in [0.5, 0.6) is 0 Å². The Balaban J connectivity index is 1.33. The molecule has 2 amide bonds. The van der Waals surface area contributed by atoms with Crippen LogP contribution in [0.3, 0.4) is 0 Å². The number of aryl methyl sites for hydroxylation is 2. The van der Waals surface area contributed by atoms with Gasteiger partial charge in [-0.3, -0.25) is 19.0 Å². The van der Waals surface area contributed by atoms with Gasteiger partial charge in [0.1, 0.15) is 11.4 Å². The molecule has 0 radical (unpaired) electrons. The van der Waals surface area contributed by atoms with Crippen molar-refractivity contribution in [1.82, 2.24) is 9.62 Å². The summed E-state index contributed by atoms with van der Waals surface area (Å²) in [6, 6.07) is 5.48. The molecule has 0 atom stereocenters. The van der Waals surface area contributed by atoms with E-state index in [4.69, 9.17) is 4.99 Å². The number of piperidine rings is 1. The molecule has 4 rings (SSSR count). The van der Waals surface area contributed by atoms with Crippen LogP contribution in [-0.2, 0) is 26.0 Å². The largest absolute Gasteiger partial charge is 0.326 e. The van der Waals surface area contributed by atoms with E-state index in [1.165, 1.54) is 11.2 Å². The highest BCUT2D eigenvalue weighted by molar-refractivity contribution is 7.89. The molecule has 3 aliphatic rings. The lowest BCUT2D eigenvalue weighted by Gasteiger charge is -2.34. The Morgan fingerprint density at radius 2 is 1.92 bits per heavy atom. The molecule has 0 bridgehead atoms. The molecule has 1 aromatic rings. The number of anilines is 1. The van der Waals surface area contributed by atoms with E-state index in [-0.39, 0.29) is 43.2 Å². The highest BCUT2D eigenvalue weighted by Crippen LogP contribution is 2.36. The fraction of sp³-hybridized carbons (Fsp3) is 0.654. The maximum absolute atomic E-state index is 13.1. The van der Waals surface area contributed by atoms with Crippen LogP contribution in [-0.4, -0.2) is 61.4 Å². The summed E-state index contributed by atoms with van der Waals surface area (Å²) < 4.78 is 40.3. The zero-order chi connectivity index (χ0) is 25.9. The second-order valence-electron chi connectivity index (χ2n) is 10.5. The molecule has 1 saturated carbocycles. The predicted octanol–water partition coefficient (Wildman–Crippen LogP) is 3.35. The van der Waals surface area contributed by atoms with Gasteiger partial charge in [-0.15, -0.1) is 0 Å². The van der Waals surface area contributed by atoms with Crippen LogP contribution < -0.4 is 10.6 Å². The molecule has 2 heterocycles. The van der Waals surface area contributed by atoms with Gasteiger partial charge in [-0.25, -0.2) is 12.7 Å². The summed E-state index contributed by atoms with van der Waals surface area (Å²) >= 11 is 0. The highest BCUT2D eigenvalue weighted by Gasteiger charge is 2.48. The third kappa shape index (κ3) is 5.96. The number of alkyl halides is 1. The molecule has 0 aromatic heterocycles. The zero-order valence-corrected chi connectivity index (χ0v) is 22.0. The number of sulfonamides is 1. The van der Waals surface area contributed by atoms with Crippen LogP contribution in [0.25, 0.3) is 0 Å². The quantitative estimate of drug-likeness (QED) is 0.548. The predicted molar refractivity (Wildman–Crippen MR) is 138 cm³/mol. The summed E-state index contributed by atoms with van der Waals surface area (Å²) in [5, 5.41) is 5.73. The van der Waals surface area contributed by atoms with Gasteiger partial charge >= 0.3 is 0 Å². The number of carbonyl (C=O) groups excluding carboxylic acids is 2. The summed E-state index contributed by atoms with van der Waals surface area (Å²) in [4.78, 5) is 29.0. The molecule has 8 nitrogen and oxygen atoms in total. The van der Waals surface area contributed by atoms with Crippen LogP contribution >= 0.6 is 0 Å². The van der Waals surface area contributed by atoms with Gasteiger partial charge in [-0.05, 0) is 87.5 Å². The second-order valence-corrected chi connectivity index (χ2v) is 12.6. The standard InChI is InChI=1S/C26H37FN4O4S/c1-18-17-23(28-19(2)32)8-7-21(18)10-16-36(34,35)31-14-11-26(12-15-31)25(33)29-24(30-26)22-5-3-20(4-6-22)9-13-27/h7-8,17,20,22H,3-6,9-16H2,1-2H3,(H,28,32)(H,29,30,33)/t20-,22+. The molecule has 2 fully saturated rings. The molecular weight excluding hydrogens is 483 g/mol. The van der Waals surface area contributed by atoms with Crippen LogP contribution in [0.4, 0.5) is 10.1 Å². The molecule has 0 unspecified atom stereocenters. The van der Waals surface area contributed by atoms with Gasteiger partial charge in [-0.1, -0.05) is 6.07 Å². The van der Waals surface area contributed by atoms with Gasteiger partial charge in [0.05, 0.1) is 12.4 Å². The normalized spacial score (nSPS) is 24.4. The molecule has 198 valence electrons. The van der Waals surface area contributed by atoms with Crippen molar-refractivity contribution < 1.29 is 22.4 Å². The van der Waals surface area contributed by atoms with Gasteiger partial charge in [-0.2, -0.15) is 0 Å². The van der Waals surface area contributed by atoms with Crippen molar-refractivity contribution in [1.29, 1.82) is 0 Å². The molecule has 2 N–H and O–H groups in total. The second kappa shape index (κ2) is 11.0. The van der Waals surface area contributed by atoms with Gasteiger partial charge in [0.25, 0.3) is 5.91 Å². The third-order valence-electron chi connectivity index (χ3n) is 7.98. The molecule has 1 aromatic carbocycles. The summed E-state index contributed by atoms with van der Waals surface area (Å²) in [5.41, 5.74) is 1.67. The van der Waals surface area contributed by atoms with Crippen molar-refractivity contribution >= 4 is 33.4 Å². The fourth-order valence-electron chi connectivity index (χ4n) is 5.71. The first-order chi connectivity index (χ1) is 17.1. The van der Waals surface area contributed by atoms with Gasteiger partial charge in [0.15, 0.2) is 0 Å². The average molecular weight is 521 g/mol. The number of hydrogen-bond donors (Lipinski definition) is 2. The number of hydrogen-bond acceptors (Lipinski definition) is 5. The number of aliphatic imine (C=N–C) groups is 1. The summed E-state index contributed by atoms with van der Waals surface area (Å²) in [5.74, 6) is 1.09. The monoisotopic (exact) mass is 520 g/mol. The van der Waals surface area contributed by atoms with Crippen molar-refractivity contribution in [2.45, 2.75) is 70.8 Å². The molecule has 1 spiro atoms. The first-order valence-corrected chi connectivity index (χ1v) is 14.5. The van der Waals surface area contributed by atoms with Crippen molar-refractivity contribution in [2.24, 2.45) is 16.8 Å². The minimum Gasteiger partial charge on any atom is -0.326 e. The van der Waals surface area contributed by atoms with E-state index in [1.807, 2.05) is 19.1 Å². The maximum atomic E-state index is 13.1. The van der Waals surface area contributed by atoms with Gasteiger partial charge in [0, 0.05) is 31.6 Å². The Morgan fingerprint density at radius 1 is 1.22 bits per heavy atom. The van der Waals surface area contributed by atoms with Crippen molar-refractivity contribution in [3.8, 4) is 0 Å². The van der Waals surface area contributed by atoms with E-state index in [0.717, 1.165) is 42.6 Å². The lowest BCUT2D eigenvalue weighted by molar-refractivity contribution is -0.125. The van der Waals surface area contributed by atoms with Crippen LogP contribution in [0.2, 0.25) is 0 Å². The van der Waals surface area contributed by atoms with Gasteiger partial charge < -0.3 is 10.6 Å². The first-order valence-electron chi connectivity index (χ1n) is 12.9. The fourth-order valence-corrected chi connectivity index (χ4v) is 7.19. The summed E-state index contributed by atoms with van der Waals surface area (Å²) in [6.07, 6.45) is 5.48. The first kappa shape index (κ1) is 26.7. The molecule has 2 aliphatic heterocycles. The van der Waals surface area contributed by atoms with E-state index in [0.29, 0.717) is 37.3 Å². The Bertz CT molecular complexity index is 1120. The van der Waals surface area contributed by atoms with E-state index in [1.54, 1.807) is 6.07 Å². The SMILES string of the molecule is CC(=O)Nc1ccc(CCS(=O)(=O)N2CCC3(CC2)N=C([C@H]2CC[C@@H](CCF)CC2)NC3=O)c(C)c1. The number of nitrogens with one attached hydrogen (secondary N) is 2. The minimum atomic E-state index is -3.48. The lowest BCUT2D eigenvalue weighted by atomic mass is 9.80. The third-order valence-corrected chi connectivity index (χ3v) is 9.86. The molecule has 1 aliphatic carbocycles. The Morgan fingerprint density at radius 3 is 2.53 bits per heavy atom. The van der Waals surface area contributed by atoms with E-state index in [2.05, 4.69) is 10.6 Å². The number of amides is 2. The minimum absolute atomic E-state index is 0.0108. The van der Waals surface area contributed by atoms with E-state index < -0.39 is 15.6 Å². The number of rotatable bonds is 8. The number of carbonyl (C=O) groups is 2. The highest BCUT2D eigenvalue weighted by atomic mass is 32.2. The average Bonchev–Trinajstić information content (AvgIpc) is 3.14. The van der Waals surface area contributed by atoms with Crippen LogP contribution in [0.15, 0.2) is 23.2 Å². The van der Waals surface area contributed by atoms with Gasteiger partial charge in [0.2, 0.25) is 15.9 Å². The topological polar surface area (TPSA) is 108 Å². The summed E-state index contributed by atoms with van der Waals surface area (Å²) in [7, 11) is -3.48. The number of halogens is 1. The zero-order valence-electron chi connectivity index (χ0n) is 21.2. The van der Waals surface area contributed by atoms with E-state index in [9.17, 15) is 22.4 Å². The summed E-state index contributed by atoms with van der Waals surface area (Å²) in [6.45, 7) is 3.62. The number of amidine groups is 1. The molecule has 36 heavy (non-hydrogen) atoms. The van der Waals surface area contributed by atoms with Crippen LogP contribution in [0.1, 0.15) is 63.0 Å². The van der Waals surface area contributed by atoms with Crippen LogP contribution in [0, 0.1) is 18.8 Å². The van der Waals surface area contributed by atoms with Crippen molar-refractivity contribution in [3.05, 3.63) is 29.3 Å². The Kier molecular flexibility index (Phi) is 8.14. The number of benzene rings is 1. The Labute approximate surface area is 213 Å².